The molecule has 2 nitrogen and oxygen atoms in total. The standard InChI is InChI=1S/C17H22F4O2/c1-2-3-12-4-6-13(7-5-12)11-22-14-8-9-16(15(18)10-14)23-17(19,20)21/h8-10,12-13H,2-7,11H2,1H3. The molecule has 0 aliphatic heterocycles. The lowest BCUT2D eigenvalue weighted by Gasteiger charge is -2.28. The van der Waals surface area contributed by atoms with Crippen molar-refractivity contribution in [3.63, 3.8) is 0 Å². The highest BCUT2D eigenvalue weighted by molar-refractivity contribution is 5.33. The summed E-state index contributed by atoms with van der Waals surface area (Å²) in [6.45, 7) is 2.66. The predicted octanol–water partition coefficient (Wildman–Crippen LogP) is 5.71. The third-order valence-electron chi connectivity index (χ3n) is 4.28. The molecule has 0 spiro atoms. The fourth-order valence-corrected chi connectivity index (χ4v) is 3.09. The van der Waals surface area contributed by atoms with Gasteiger partial charge in [-0.15, -0.1) is 13.2 Å². The maximum absolute atomic E-state index is 13.6. The Balaban J connectivity index is 1.81. The van der Waals surface area contributed by atoms with Crippen molar-refractivity contribution in [1.29, 1.82) is 0 Å². The van der Waals surface area contributed by atoms with Crippen molar-refractivity contribution in [1.82, 2.24) is 0 Å². The molecule has 0 aromatic heterocycles. The van der Waals surface area contributed by atoms with Crippen molar-refractivity contribution >= 4 is 0 Å². The first-order chi connectivity index (χ1) is 10.9. The van der Waals surface area contributed by atoms with Gasteiger partial charge in [0.2, 0.25) is 0 Å². The van der Waals surface area contributed by atoms with Crippen LogP contribution in [0.15, 0.2) is 18.2 Å². The molecular weight excluding hydrogens is 312 g/mol. The number of halogens is 4. The van der Waals surface area contributed by atoms with Gasteiger partial charge in [-0.2, -0.15) is 0 Å². The summed E-state index contributed by atoms with van der Waals surface area (Å²) in [6.07, 6.45) is 2.12. The molecule has 1 aliphatic rings. The van der Waals surface area contributed by atoms with E-state index in [0.717, 1.165) is 30.9 Å². The van der Waals surface area contributed by atoms with E-state index in [9.17, 15) is 17.6 Å². The van der Waals surface area contributed by atoms with Gasteiger partial charge >= 0.3 is 6.36 Å². The number of hydrogen-bond donors (Lipinski definition) is 0. The van der Waals surface area contributed by atoms with Gasteiger partial charge in [0.15, 0.2) is 11.6 Å². The topological polar surface area (TPSA) is 18.5 Å². The second kappa shape index (κ2) is 7.88. The molecule has 1 aliphatic carbocycles. The van der Waals surface area contributed by atoms with Gasteiger partial charge in [0.05, 0.1) is 6.61 Å². The van der Waals surface area contributed by atoms with Gasteiger partial charge < -0.3 is 9.47 Å². The molecule has 1 saturated carbocycles. The Kier molecular flexibility index (Phi) is 6.13. The van der Waals surface area contributed by atoms with E-state index in [1.165, 1.54) is 31.7 Å². The number of benzene rings is 1. The Morgan fingerprint density at radius 2 is 1.74 bits per heavy atom. The van der Waals surface area contributed by atoms with Crippen molar-refractivity contribution < 1.29 is 27.0 Å². The Morgan fingerprint density at radius 3 is 2.30 bits per heavy atom. The Morgan fingerprint density at radius 1 is 1.09 bits per heavy atom. The average molecular weight is 334 g/mol. The van der Waals surface area contributed by atoms with Crippen molar-refractivity contribution in [2.75, 3.05) is 6.61 Å². The zero-order valence-electron chi connectivity index (χ0n) is 13.2. The lowest BCUT2D eigenvalue weighted by Crippen LogP contribution is -2.20. The first kappa shape index (κ1) is 17.9. The second-order valence-corrected chi connectivity index (χ2v) is 6.13. The smallest absolute Gasteiger partial charge is 0.493 e. The summed E-state index contributed by atoms with van der Waals surface area (Å²) in [5, 5.41) is 0. The third-order valence-corrected chi connectivity index (χ3v) is 4.28. The molecule has 130 valence electrons. The van der Waals surface area contributed by atoms with E-state index < -0.39 is 17.9 Å². The summed E-state index contributed by atoms with van der Waals surface area (Å²) in [6, 6.07) is 3.17. The lowest BCUT2D eigenvalue weighted by atomic mass is 9.80. The summed E-state index contributed by atoms with van der Waals surface area (Å²) in [5.74, 6) is -0.464. The van der Waals surface area contributed by atoms with Crippen molar-refractivity contribution in [2.24, 2.45) is 11.8 Å². The van der Waals surface area contributed by atoms with Gasteiger partial charge in [0.25, 0.3) is 0 Å². The SMILES string of the molecule is CCCC1CCC(COc2ccc(OC(F)(F)F)c(F)c2)CC1. The zero-order chi connectivity index (χ0) is 16.9. The monoisotopic (exact) mass is 334 g/mol. The van der Waals surface area contributed by atoms with Crippen LogP contribution in [0, 0.1) is 17.7 Å². The van der Waals surface area contributed by atoms with Crippen LogP contribution >= 0.6 is 0 Å². The quantitative estimate of drug-likeness (QED) is 0.620. The minimum atomic E-state index is -4.90. The van der Waals surface area contributed by atoms with Crippen LogP contribution in [0.5, 0.6) is 11.5 Å². The highest BCUT2D eigenvalue weighted by Gasteiger charge is 2.32. The minimum Gasteiger partial charge on any atom is -0.493 e. The maximum atomic E-state index is 13.6. The molecule has 0 amide bonds. The summed E-state index contributed by atoms with van der Waals surface area (Å²) < 4.78 is 58.9. The highest BCUT2D eigenvalue weighted by Crippen LogP contribution is 2.33. The molecule has 1 aromatic carbocycles. The molecule has 0 heterocycles. The molecule has 0 radical (unpaired) electrons. The first-order valence-corrected chi connectivity index (χ1v) is 8.05. The van der Waals surface area contributed by atoms with E-state index in [1.54, 1.807) is 0 Å². The van der Waals surface area contributed by atoms with Gasteiger partial charge in [0, 0.05) is 6.07 Å². The van der Waals surface area contributed by atoms with E-state index >= 15 is 0 Å². The van der Waals surface area contributed by atoms with E-state index in [0.29, 0.717) is 12.5 Å². The van der Waals surface area contributed by atoms with Crippen molar-refractivity contribution in [3.8, 4) is 11.5 Å². The Bertz CT molecular complexity index is 494. The summed E-state index contributed by atoms with van der Waals surface area (Å²) in [4.78, 5) is 0. The van der Waals surface area contributed by atoms with Crippen LogP contribution in [0.2, 0.25) is 0 Å². The van der Waals surface area contributed by atoms with Crippen molar-refractivity contribution in [2.45, 2.75) is 51.8 Å². The fourth-order valence-electron chi connectivity index (χ4n) is 3.09. The summed E-state index contributed by atoms with van der Waals surface area (Å²) in [7, 11) is 0. The molecule has 2 rings (SSSR count). The first-order valence-electron chi connectivity index (χ1n) is 8.05. The number of hydrogen-bond acceptors (Lipinski definition) is 2. The normalized spacial score (nSPS) is 22.0. The molecule has 0 atom stereocenters. The molecular formula is C17H22F4O2. The minimum absolute atomic E-state index is 0.229. The Hall–Kier alpha value is -1.46. The number of ether oxygens (including phenoxy) is 2. The molecule has 1 aromatic rings. The van der Waals surface area contributed by atoms with Crippen LogP contribution in [0.3, 0.4) is 0 Å². The predicted molar refractivity (Wildman–Crippen MR) is 78.9 cm³/mol. The molecule has 0 bridgehead atoms. The second-order valence-electron chi connectivity index (χ2n) is 6.13. The van der Waals surface area contributed by atoms with Crippen LogP contribution in [-0.2, 0) is 0 Å². The summed E-state index contributed by atoms with van der Waals surface area (Å²) >= 11 is 0. The van der Waals surface area contributed by atoms with Gasteiger partial charge in [-0.05, 0) is 36.8 Å². The van der Waals surface area contributed by atoms with Gasteiger partial charge in [-0.1, -0.05) is 32.6 Å². The van der Waals surface area contributed by atoms with Crippen LogP contribution in [0.25, 0.3) is 0 Å². The molecule has 23 heavy (non-hydrogen) atoms. The van der Waals surface area contributed by atoms with Gasteiger partial charge in [-0.25, -0.2) is 4.39 Å². The van der Waals surface area contributed by atoms with Crippen LogP contribution in [0.1, 0.15) is 45.4 Å². The van der Waals surface area contributed by atoms with Crippen molar-refractivity contribution in [3.05, 3.63) is 24.0 Å². The maximum Gasteiger partial charge on any atom is 0.573 e. The molecule has 0 unspecified atom stereocenters. The van der Waals surface area contributed by atoms with E-state index in [1.807, 2.05) is 0 Å². The van der Waals surface area contributed by atoms with E-state index in [2.05, 4.69) is 11.7 Å². The van der Waals surface area contributed by atoms with Gasteiger partial charge in [-0.3, -0.25) is 0 Å². The number of rotatable bonds is 6. The third kappa shape index (κ3) is 5.92. The molecule has 6 heteroatoms. The largest absolute Gasteiger partial charge is 0.573 e. The average Bonchev–Trinajstić information content (AvgIpc) is 2.48. The lowest BCUT2D eigenvalue weighted by molar-refractivity contribution is -0.275. The van der Waals surface area contributed by atoms with Crippen LogP contribution in [-0.4, -0.2) is 13.0 Å². The van der Waals surface area contributed by atoms with E-state index in [4.69, 9.17) is 4.74 Å². The Labute approximate surface area is 133 Å². The molecule has 1 fully saturated rings. The van der Waals surface area contributed by atoms with E-state index in [-0.39, 0.29) is 5.75 Å². The van der Waals surface area contributed by atoms with Crippen LogP contribution in [0.4, 0.5) is 17.6 Å². The highest BCUT2D eigenvalue weighted by atomic mass is 19.4. The fraction of sp³-hybridized carbons (Fsp3) is 0.647. The zero-order valence-corrected chi connectivity index (χ0v) is 13.2. The van der Waals surface area contributed by atoms with Crippen LogP contribution < -0.4 is 9.47 Å². The molecule has 0 saturated heterocycles. The van der Waals surface area contributed by atoms with Gasteiger partial charge in [0.1, 0.15) is 5.75 Å². The summed E-state index contributed by atoms with van der Waals surface area (Å²) in [5.41, 5.74) is 0. The molecule has 0 N–H and O–H groups in total. The number of alkyl halides is 3.